The van der Waals surface area contributed by atoms with Gasteiger partial charge in [-0.05, 0) is 34.4 Å². The molecule has 3 aromatic carbocycles. The summed E-state index contributed by atoms with van der Waals surface area (Å²) >= 11 is 0. The number of nitrogens with zero attached hydrogens (tertiary/aromatic N) is 2. The molecule has 0 N–H and O–H groups in total. The first-order valence-electron chi connectivity index (χ1n) is 11.3. The van der Waals surface area contributed by atoms with Crippen LogP contribution in [-0.2, 0) is 14.4 Å². The number of hydrogen-bond acceptors (Lipinski definition) is 6. The lowest BCUT2D eigenvalue weighted by atomic mass is 9.98. The Morgan fingerprint density at radius 3 is 1.77 bits per heavy atom. The summed E-state index contributed by atoms with van der Waals surface area (Å²) in [6.07, 6.45) is -0.517. The fourth-order valence-corrected chi connectivity index (χ4v) is 4.88. The number of carbonyl (C=O) groups is 4. The van der Waals surface area contributed by atoms with E-state index in [0.717, 1.165) is 22.3 Å². The van der Waals surface area contributed by atoms with E-state index in [9.17, 15) is 19.2 Å². The molecule has 0 bridgehead atoms. The van der Waals surface area contributed by atoms with Gasteiger partial charge in [0.1, 0.15) is 6.61 Å². The molecule has 0 atom stereocenters. The molecule has 1 fully saturated rings. The Hall–Kier alpha value is -4.46. The standard InChI is InChI=1S/C27H20N2O6/c30-24-21-11-5-6-12-22(21)25(31)29(24)35-26(32)16-13-28(14-16)27(33)34-15-23-19-9-3-1-7-17(19)18-8-2-4-10-20(18)23/h1-12,16,23H,13-15H2. The van der Waals surface area contributed by atoms with Crippen LogP contribution in [0.4, 0.5) is 4.79 Å². The molecule has 1 saturated heterocycles. The van der Waals surface area contributed by atoms with Crippen LogP contribution in [0.15, 0.2) is 72.8 Å². The molecular formula is C27H20N2O6. The topological polar surface area (TPSA) is 93.2 Å². The van der Waals surface area contributed by atoms with Gasteiger partial charge in [-0.2, -0.15) is 0 Å². The highest BCUT2D eigenvalue weighted by atomic mass is 16.7. The second-order valence-electron chi connectivity index (χ2n) is 8.77. The third-order valence-electron chi connectivity index (χ3n) is 6.75. The molecule has 0 saturated carbocycles. The van der Waals surface area contributed by atoms with Crippen LogP contribution in [0.1, 0.15) is 37.8 Å². The Balaban J connectivity index is 1.04. The maximum atomic E-state index is 12.6. The summed E-state index contributed by atoms with van der Waals surface area (Å²) in [6.45, 7) is 0.380. The monoisotopic (exact) mass is 468 g/mol. The lowest BCUT2D eigenvalue weighted by Gasteiger charge is -2.36. The zero-order valence-corrected chi connectivity index (χ0v) is 18.5. The summed E-state index contributed by atoms with van der Waals surface area (Å²) in [7, 11) is 0. The molecule has 0 spiro atoms. The molecular weight excluding hydrogens is 448 g/mol. The maximum absolute atomic E-state index is 12.6. The first-order valence-corrected chi connectivity index (χ1v) is 11.3. The van der Waals surface area contributed by atoms with E-state index >= 15 is 0 Å². The van der Waals surface area contributed by atoms with Crippen molar-refractivity contribution in [3.63, 3.8) is 0 Å². The van der Waals surface area contributed by atoms with Crippen molar-refractivity contribution in [2.24, 2.45) is 5.92 Å². The van der Waals surface area contributed by atoms with E-state index in [0.29, 0.717) is 5.06 Å². The van der Waals surface area contributed by atoms with E-state index in [1.807, 2.05) is 36.4 Å². The number of hydrogen-bond donors (Lipinski definition) is 0. The normalized spacial score (nSPS) is 16.5. The molecule has 1 aliphatic carbocycles. The van der Waals surface area contributed by atoms with Crippen molar-refractivity contribution in [1.82, 2.24) is 9.96 Å². The molecule has 2 aliphatic heterocycles. The minimum atomic E-state index is -0.734. The first kappa shape index (κ1) is 21.1. The number of benzene rings is 3. The van der Waals surface area contributed by atoms with Crippen molar-refractivity contribution in [2.45, 2.75) is 5.92 Å². The number of fused-ring (bicyclic) bond motifs is 4. The van der Waals surface area contributed by atoms with Crippen molar-refractivity contribution in [2.75, 3.05) is 19.7 Å². The second-order valence-corrected chi connectivity index (χ2v) is 8.77. The van der Waals surface area contributed by atoms with E-state index in [1.165, 1.54) is 17.0 Å². The van der Waals surface area contributed by atoms with Crippen LogP contribution in [0.5, 0.6) is 0 Å². The molecule has 0 unspecified atom stereocenters. The summed E-state index contributed by atoms with van der Waals surface area (Å²) in [5, 5.41) is 0.489. The quantitative estimate of drug-likeness (QED) is 0.543. The summed E-state index contributed by atoms with van der Waals surface area (Å²) in [6, 6.07) is 22.4. The van der Waals surface area contributed by atoms with Gasteiger partial charge in [-0.15, -0.1) is 0 Å². The van der Waals surface area contributed by atoms with Gasteiger partial charge in [0.05, 0.1) is 17.0 Å². The van der Waals surface area contributed by atoms with E-state index < -0.39 is 29.8 Å². The van der Waals surface area contributed by atoms with Crippen LogP contribution < -0.4 is 0 Å². The number of imide groups is 1. The van der Waals surface area contributed by atoms with Crippen molar-refractivity contribution in [3.8, 4) is 11.1 Å². The maximum Gasteiger partial charge on any atom is 0.409 e. The van der Waals surface area contributed by atoms with Crippen molar-refractivity contribution < 1.29 is 28.8 Å². The fourth-order valence-electron chi connectivity index (χ4n) is 4.88. The highest BCUT2D eigenvalue weighted by molar-refractivity contribution is 6.20. The molecule has 8 heteroatoms. The van der Waals surface area contributed by atoms with Crippen LogP contribution in [0.2, 0.25) is 0 Å². The van der Waals surface area contributed by atoms with Gasteiger partial charge in [-0.25, -0.2) is 9.59 Å². The van der Waals surface area contributed by atoms with E-state index in [-0.39, 0.29) is 36.7 Å². The largest absolute Gasteiger partial charge is 0.448 e. The Labute approximate surface area is 200 Å². The first-order chi connectivity index (χ1) is 17.0. The van der Waals surface area contributed by atoms with Gasteiger partial charge in [0.15, 0.2) is 0 Å². The van der Waals surface area contributed by atoms with Gasteiger partial charge in [-0.3, -0.25) is 9.59 Å². The third kappa shape index (κ3) is 3.37. The molecule has 8 nitrogen and oxygen atoms in total. The molecule has 174 valence electrons. The number of carbonyl (C=O) groups excluding carboxylic acids is 4. The molecule has 2 heterocycles. The Kier molecular flexibility index (Phi) is 4.88. The van der Waals surface area contributed by atoms with Crippen LogP contribution in [-0.4, -0.2) is 53.5 Å². The summed E-state index contributed by atoms with van der Waals surface area (Å²) < 4.78 is 5.60. The molecule has 3 aliphatic rings. The minimum absolute atomic E-state index is 0.0535. The molecule has 35 heavy (non-hydrogen) atoms. The van der Waals surface area contributed by atoms with Crippen molar-refractivity contribution >= 4 is 23.9 Å². The SMILES string of the molecule is O=C(ON1C(=O)c2ccccc2C1=O)C1CN(C(=O)OCC2c3ccccc3-c3ccccc32)C1. The number of likely N-dealkylation sites (tertiary alicyclic amines) is 1. The van der Waals surface area contributed by atoms with Crippen LogP contribution in [0.3, 0.4) is 0 Å². The van der Waals surface area contributed by atoms with Crippen LogP contribution in [0.25, 0.3) is 11.1 Å². The van der Waals surface area contributed by atoms with Gasteiger partial charge in [0, 0.05) is 19.0 Å². The summed E-state index contributed by atoms with van der Waals surface area (Å²) in [5.41, 5.74) is 4.91. The smallest absolute Gasteiger partial charge is 0.409 e. The van der Waals surface area contributed by atoms with E-state index in [2.05, 4.69) is 12.1 Å². The molecule has 0 radical (unpaired) electrons. The van der Waals surface area contributed by atoms with Crippen LogP contribution in [0, 0.1) is 5.92 Å². The number of rotatable bonds is 4. The average molecular weight is 468 g/mol. The third-order valence-corrected chi connectivity index (χ3v) is 6.75. The fraction of sp³-hybridized carbons (Fsp3) is 0.185. The van der Waals surface area contributed by atoms with Gasteiger partial charge in [-0.1, -0.05) is 65.7 Å². The molecule has 6 rings (SSSR count). The number of hydroxylamine groups is 2. The van der Waals surface area contributed by atoms with Gasteiger partial charge >= 0.3 is 12.1 Å². The molecule has 3 aromatic rings. The highest BCUT2D eigenvalue weighted by Gasteiger charge is 2.43. The number of amides is 3. The second kappa shape index (κ2) is 8.09. The predicted molar refractivity (Wildman–Crippen MR) is 123 cm³/mol. The van der Waals surface area contributed by atoms with E-state index in [1.54, 1.807) is 12.1 Å². The van der Waals surface area contributed by atoms with Crippen molar-refractivity contribution in [1.29, 1.82) is 0 Å². The predicted octanol–water partition coefficient (Wildman–Crippen LogP) is 3.62. The highest BCUT2D eigenvalue weighted by Crippen LogP contribution is 2.44. The zero-order chi connectivity index (χ0) is 24.1. The van der Waals surface area contributed by atoms with Crippen LogP contribution >= 0.6 is 0 Å². The lowest BCUT2D eigenvalue weighted by molar-refractivity contribution is -0.178. The van der Waals surface area contributed by atoms with E-state index in [4.69, 9.17) is 9.57 Å². The summed E-state index contributed by atoms with van der Waals surface area (Å²) in [5.74, 6) is -2.78. The Morgan fingerprint density at radius 1 is 0.743 bits per heavy atom. The van der Waals surface area contributed by atoms with Crippen molar-refractivity contribution in [3.05, 3.63) is 95.1 Å². The van der Waals surface area contributed by atoms with Gasteiger partial charge in [0.2, 0.25) is 0 Å². The Bertz CT molecular complexity index is 1310. The van der Waals surface area contributed by atoms with Gasteiger partial charge < -0.3 is 14.5 Å². The Morgan fingerprint density at radius 2 is 1.23 bits per heavy atom. The van der Waals surface area contributed by atoms with Gasteiger partial charge in [0.25, 0.3) is 11.8 Å². The number of ether oxygens (including phenoxy) is 1. The average Bonchev–Trinajstić information content (AvgIpc) is 3.29. The molecule has 3 amide bonds. The summed E-state index contributed by atoms with van der Waals surface area (Å²) in [4.78, 5) is 56.3. The molecule has 0 aromatic heterocycles. The zero-order valence-electron chi connectivity index (χ0n) is 18.5. The minimum Gasteiger partial charge on any atom is -0.448 e. The lowest BCUT2D eigenvalue weighted by Crippen LogP contribution is -2.54.